The summed E-state index contributed by atoms with van der Waals surface area (Å²) in [7, 11) is 3.85. The van der Waals surface area contributed by atoms with Crippen LogP contribution >= 0.6 is 0 Å². The fourth-order valence-corrected chi connectivity index (χ4v) is 2.67. The van der Waals surface area contributed by atoms with Gasteiger partial charge in [-0.3, -0.25) is 4.79 Å². The molecule has 100 valence electrons. The average molecular weight is 257 g/mol. The third-order valence-electron chi connectivity index (χ3n) is 3.68. The van der Waals surface area contributed by atoms with E-state index in [2.05, 4.69) is 18.3 Å². The van der Waals surface area contributed by atoms with Crippen molar-refractivity contribution in [2.75, 3.05) is 24.3 Å². The van der Waals surface area contributed by atoms with E-state index in [9.17, 15) is 10.1 Å². The van der Waals surface area contributed by atoms with Crippen molar-refractivity contribution in [3.63, 3.8) is 0 Å². The van der Waals surface area contributed by atoms with Gasteiger partial charge in [-0.25, -0.2) is 0 Å². The van der Waals surface area contributed by atoms with E-state index in [1.54, 1.807) is 0 Å². The average Bonchev–Trinajstić information content (AvgIpc) is 2.35. The van der Waals surface area contributed by atoms with Crippen molar-refractivity contribution >= 4 is 17.3 Å². The normalized spacial score (nSPS) is 25.1. The molecule has 1 N–H and O–H groups in total. The Morgan fingerprint density at radius 2 is 2.05 bits per heavy atom. The minimum absolute atomic E-state index is 0.178. The van der Waals surface area contributed by atoms with Crippen molar-refractivity contribution in [2.45, 2.75) is 19.8 Å². The first-order chi connectivity index (χ1) is 8.98. The molecule has 0 spiro atoms. The molecule has 0 radical (unpaired) electrons. The highest BCUT2D eigenvalue weighted by Gasteiger charge is 2.49. The van der Waals surface area contributed by atoms with Crippen LogP contribution in [0.15, 0.2) is 24.3 Å². The van der Waals surface area contributed by atoms with Crippen molar-refractivity contribution in [3.05, 3.63) is 24.3 Å². The highest BCUT2D eigenvalue weighted by Crippen LogP contribution is 2.46. The lowest BCUT2D eigenvalue weighted by Crippen LogP contribution is -2.45. The van der Waals surface area contributed by atoms with Gasteiger partial charge in [0, 0.05) is 14.1 Å². The lowest BCUT2D eigenvalue weighted by Gasteiger charge is -2.39. The van der Waals surface area contributed by atoms with Gasteiger partial charge in [-0.1, -0.05) is 19.1 Å². The Bertz CT molecular complexity index is 524. The minimum atomic E-state index is -0.834. The Balaban J connectivity index is 2.18. The van der Waals surface area contributed by atoms with Gasteiger partial charge in [0.2, 0.25) is 5.91 Å². The fourth-order valence-electron chi connectivity index (χ4n) is 2.67. The Kier molecular flexibility index (Phi) is 3.48. The topological polar surface area (TPSA) is 56.1 Å². The smallest absolute Gasteiger partial charge is 0.244 e. The quantitative estimate of drug-likeness (QED) is 0.905. The number of hydrogen-bond acceptors (Lipinski definition) is 3. The molecule has 0 unspecified atom stereocenters. The van der Waals surface area contributed by atoms with E-state index in [0.29, 0.717) is 18.8 Å². The fraction of sp³-hybridized carbons (Fsp3) is 0.467. The summed E-state index contributed by atoms with van der Waals surface area (Å²) in [6, 6.07) is 9.80. The van der Waals surface area contributed by atoms with Crippen molar-refractivity contribution < 1.29 is 4.79 Å². The van der Waals surface area contributed by atoms with Crippen molar-refractivity contribution in [2.24, 2.45) is 11.3 Å². The van der Waals surface area contributed by atoms with Gasteiger partial charge in [0.1, 0.15) is 5.41 Å². The Hall–Kier alpha value is -2.02. The number of carbonyl (C=O) groups is 1. The first kappa shape index (κ1) is 13.4. The molecule has 1 aromatic rings. The maximum absolute atomic E-state index is 12.3. The van der Waals surface area contributed by atoms with Crippen LogP contribution in [-0.4, -0.2) is 20.0 Å². The van der Waals surface area contributed by atoms with Crippen molar-refractivity contribution in [3.8, 4) is 6.07 Å². The Labute approximate surface area is 114 Å². The van der Waals surface area contributed by atoms with E-state index in [0.717, 1.165) is 11.4 Å². The summed E-state index contributed by atoms with van der Waals surface area (Å²) in [5.41, 5.74) is 0.863. The molecular formula is C15H19N3O. The highest BCUT2D eigenvalue weighted by atomic mass is 16.2. The monoisotopic (exact) mass is 257 g/mol. The Morgan fingerprint density at radius 3 is 2.58 bits per heavy atom. The largest absolute Gasteiger partial charge is 0.376 e. The zero-order chi connectivity index (χ0) is 14.0. The van der Waals surface area contributed by atoms with E-state index in [4.69, 9.17) is 0 Å². The molecule has 4 heteroatoms. The summed E-state index contributed by atoms with van der Waals surface area (Å²) < 4.78 is 0. The van der Waals surface area contributed by atoms with Crippen LogP contribution in [0.5, 0.6) is 0 Å². The van der Waals surface area contributed by atoms with Gasteiger partial charge in [0.25, 0.3) is 0 Å². The lowest BCUT2D eigenvalue weighted by atomic mass is 9.63. The van der Waals surface area contributed by atoms with E-state index >= 15 is 0 Å². The molecule has 0 atom stereocenters. The lowest BCUT2D eigenvalue weighted by molar-refractivity contribution is -0.128. The van der Waals surface area contributed by atoms with Crippen molar-refractivity contribution in [1.82, 2.24) is 0 Å². The molecule has 1 aliphatic rings. The predicted molar refractivity (Wildman–Crippen MR) is 75.8 cm³/mol. The number of rotatable bonds is 3. The van der Waals surface area contributed by atoms with E-state index < -0.39 is 5.41 Å². The number of nitriles is 1. The highest BCUT2D eigenvalue weighted by molar-refractivity contribution is 6.00. The summed E-state index contributed by atoms with van der Waals surface area (Å²) in [4.78, 5) is 14.3. The molecule has 0 aromatic heterocycles. The molecule has 1 aliphatic carbocycles. The van der Waals surface area contributed by atoms with Gasteiger partial charge in [-0.05, 0) is 30.9 Å². The Morgan fingerprint density at radius 1 is 1.42 bits per heavy atom. The van der Waals surface area contributed by atoms with Crippen LogP contribution in [-0.2, 0) is 4.79 Å². The molecule has 2 rings (SSSR count). The predicted octanol–water partition coefficient (Wildman–Crippen LogP) is 2.63. The number of carbonyl (C=O) groups excluding carboxylic acids is 1. The number of benzene rings is 1. The number of nitrogens with one attached hydrogen (secondary N) is 1. The van der Waals surface area contributed by atoms with Crippen LogP contribution in [0.3, 0.4) is 0 Å². The second-order valence-electron chi connectivity index (χ2n) is 5.57. The summed E-state index contributed by atoms with van der Waals surface area (Å²) in [5.74, 6) is 0.275. The van der Waals surface area contributed by atoms with E-state index in [1.807, 2.05) is 43.3 Å². The third kappa shape index (κ3) is 2.41. The number of nitrogens with zero attached hydrogens (tertiary/aromatic N) is 2. The van der Waals surface area contributed by atoms with E-state index in [-0.39, 0.29) is 5.91 Å². The molecule has 0 saturated heterocycles. The first-order valence-corrected chi connectivity index (χ1v) is 6.47. The maximum atomic E-state index is 12.3. The first-order valence-electron chi connectivity index (χ1n) is 6.47. The summed E-state index contributed by atoms with van der Waals surface area (Å²) >= 11 is 0. The van der Waals surface area contributed by atoms with Crippen LogP contribution in [0.25, 0.3) is 0 Å². The van der Waals surface area contributed by atoms with Gasteiger partial charge in [0.05, 0.1) is 17.4 Å². The SMILES string of the molecule is CC1CC(C#N)(C(=O)Nc2ccccc2N(C)C)C1. The minimum Gasteiger partial charge on any atom is -0.376 e. The van der Waals surface area contributed by atoms with Crippen LogP contribution in [0.1, 0.15) is 19.8 Å². The molecule has 0 aliphatic heterocycles. The number of amides is 1. The van der Waals surface area contributed by atoms with Crippen molar-refractivity contribution in [1.29, 1.82) is 5.26 Å². The summed E-state index contributed by atoms with van der Waals surface area (Å²) in [5, 5.41) is 12.2. The van der Waals surface area contributed by atoms with Gasteiger partial charge in [-0.2, -0.15) is 5.26 Å². The molecule has 4 nitrogen and oxygen atoms in total. The number of para-hydroxylation sites is 2. The molecule has 1 amide bonds. The van der Waals surface area contributed by atoms with Crippen LogP contribution in [0, 0.1) is 22.7 Å². The summed E-state index contributed by atoms with van der Waals surface area (Å²) in [6.07, 6.45) is 1.30. The molecule has 1 fully saturated rings. The molecule has 19 heavy (non-hydrogen) atoms. The number of hydrogen-bond donors (Lipinski definition) is 1. The van der Waals surface area contributed by atoms with Crippen LogP contribution in [0.4, 0.5) is 11.4 Å². The van der Waals surface area contributed by atoms with Crippen LogP contribution < -0.4 is 10.2 Å². The third-order valence-corrected chi connectivity index (χ3v) is 3.68. The number of anilines is 2. The molecule has 1 saturated carbocycles. The molecular weight excluding hydrogens is 238 g/mol. The van der Waals surface area contributed by atoms with E-state index in [1.165, 1.54) is 0 Å². The van der Waals surface area contributed by atoms with Gasteiger partial charge >= 0.3 is 0 Å². The second kappa shape index (κ2) is 4.93. The van der Waals surface area contributed by atoms with Crippen LogP contribution in [0.2, 0.25) is 0 Å². The zero-order valence-corrected chi connectivity index (χ0v) is 11.6. The maximum Gasteiger partial charge on any atom is 0.244 e. The molecule has 0 bridgehead atoms. The zero-order valence-electron chi connectivity index (χ0n) is 11.6. The van der Waals surface area contributed by atoms with Gasteiger partial charge in [0.15, 0.2) is 0 Å². The molecule has 0 heterocycles. The molecule has 1 aromatic carbocycles. The second-order valence-corrected chi connectivity index (χ2v) is 5.57. The van der Waals surface area contributed by atoms with Gasteiger partial charge in [-0.15, -0.1) is 0 Å². The standard InChI is InChI=1S/C15H19N3O/c1-11-8-15(9-11,10-16)14(19)17-12-6-4-5-7-13(12)18(2)3/h4-7,11H,8-9H2,1-3H3,(H,17,19). The van der Waals surface area contributed by atoms with Gasteiger partial charge < -0.3 is 10.2 Å². The summed E-state index contributed by atoms with van der Waals surface area (Å²) in [6.45, 7) is 2.07.